The minimum atomic E-state index is -0.101. The van der Waals surface area contributed by atoms with Crippen molar-refractivity contribution >= 4 is 11.8 Å². The van der Waals surface area contributed by atoms with Gasteiger partial charge in [0.05, 0.1) is 25.9 Å². The van der Waals surface area contributed by atoms with Crippen LogP contribution in [0.4, 0.5) is 0 Å². The second kappa shape index (κ2) is 14.2. The minimum Gasteiger partial charge on any atom is -0.356 e. The minimum absolute atomic E-state index is 0.100. The van der Waals surface area contributed by atoms with Gasteiger partial charge in [-0.15, -0.1) is 0 Å². The average Bonchev–Trinajstić information content (AvgIpc) is 3.56. The molecule has 200 valence electrons. The zero-order chi connectivity index (χ0) is 26.6. The van der Waals surface area contributed by atoms with E-state index < -0.39 is 0 Å². The first-order valence-electron chi connectivity index (χ1n) is 12.9. The van der Waals surface area contributed by atoms with E-state index in [1.165, 1.54) is 0 Å². The maximum atomic E-state index is 13.0. The summed E-state index contributed by atoms with van der Waals surface area (Å²) in [5.41, 5.74) is 0.679. The molecule has 0 bridgehead atoms. The van der Waals surface area contributed by atoms with Crippen LogP contribution in [-0.4, -0.2) is 76.7 Å². The van der Waals surface area contributed by atoms with Gasteiger partial charge in [0.2, 0.25) is 11.8 Å². The van der Waals surface area contributed by atoms with Crippen molar-refractivity contribution in [1.82, 2.24) is 45.0 Å². The maximum absolute atomic E-state index is 13.0. The fourth-order valence-electron chi connectivity index (χ4n) is 4.18. The van der Waals surface area contributed by atoms with Crippen LogP contribution in [0.25, 0.3) is 0 Å². The number of carbonyl (C=O) groups excluding carboxylic acids is 2. The highest BCUT2D eigenvalue weighted by molar-refractivity contribution is 5.79. The largest absolute Gasteiger partial charge is 0.356 e. The van der Waals surface area contributed by atoms with Gasteiger partial charge in [0.15, 0.2) is 0 Å². The summed E-state index contributed by atoms with van der Waals surface area (Å²) in [7, 11) is 0. The van der Waals surface area contributed by atoms with E-state index >= 15 is 0 Å². The summed E-state index contributed by atoms with van der Waals surface area (Å²) in [4.78, 5) is 52.6. The van der Waals surface area contributed by atoms with Gasteiger partial charge in [0.25, 0.3) is 0 Å². The lowest BCUT2D eigenvalue weighted by Crippen LogP contribution is -2.38. The monoisotopic (exact) mass is 509 g/mol. The Morgan fingerprint density at radius 1 is 0.865 bits per heavy atom. The smallest absolute Gasteiger partial charge is 0.227 e. The van der Waals surface area contributed by atoms with E-state index in [4.69, 9.17) is 0 Å². The van der Waals surface area contributed by atoms with Crippen LogP contribution < -0.4 is 5.32 Å². The molecule has 0 aliphatic rings. The second-order valence-electron chi connectivity index (χ2n) is 9.67. The average molecular weight is 510 g/mol. The number of rotatable bonds is 15. The van der Waals surface area contributed by atoms with E-state index in [2.05, 4.69) is 67.8 Å². The van der Waals surface area contributed by atoms with E-state index in [1.54, 1.807) is 42.1 Å². The van der Waals surface area contributed by atoms with Crippen molar-refractivity contribution in [2.75, 3.05) is 13.1 Å². The number of H-pyrrole nitrogens is 2. The quantitative estimate of drug-likeness (QED) is 0.267. The van der Waals surface area contributed by atoms with Crippen molar-refractivity contribution in [3.63, 3.8) is 0 Å². The molecule has 0 saturated heterocycles. The topological polar surface area (TPSA) is 136 Å². The Morgan fingerprint density at radius 3 is 1.97 bits per heavy atom. The summed E-state index contributed by atoms with van der Waals surface area (Å²) in [6.45, 7) is 11.2. The predicted molar refractivity (Wildman–Crippen MR) is 140 cm³/mol. The molecule has 11 nitrogen and oxygen atoms in total. The first-order valence-corrected chi connectivity index (χ1v) is 12.9. The van der Waals surface area contributed by atoms with E-state index in [1.807, 2.05) is 0 Å². The molecular weight excluding hydrogens is 470 g/mol. The summed E-state index contributed by atoms with van der Waals surface area (Å²) in [5.74, 6) is 1.61. The summed E-state index contributed by atoms with van der Waals surface area (Å²) >= 11 is 0. The fraction of sp³-hybridized carbons (Fsp3) is 0.538. The van der Waals surface area contributed by atoms with Crippen LogP contribution in [0.1, 0.15) is 63.6 Å². The van der Waals surface area contributed by atoms with Gasteiger partial charge in [0, 0.05) is 55.8 Å². The van der Waals surface area contributed by atoms with Gasteiger partial charge in [-0.2, -0.15) is 0 Å². The molecular formula is C26H39N9O2. The predicted octanol–water partition coefficient (Wildman–Crippen LogP) is 2.25. The molecule has 0 fully saturated rings. The highest BCUT2D eigenvalue weighted by Crippen LogP contribution is 2.09. The van der Waals surface area contributed by atoms with Gasteiger partial charge in [-0.3, -0.25) is 14.5 Å². The Hall–Kier alpha value is -3.60. The normalized spacial score (nSPS) is 11.4. The van der Waals surface area contributed by atoms with Gasteiger partial charge >= 0.3 is 0 Å². The van der Waals surface area contributed by atoms with Crippen molar-refractivity contribution in [3.8, 4) is 0 Å². The highest BCUT2D eigenvalue weighted by atomic mass is 16.2. The van der Waals surface area contributed by atoms with Crippen LogP contribution in [0, 0.1) is 0 Å². The Morgan fingerprint density at radius 2 is 1.46 bits per heavy atom. The molecule has 3 aromatic rings. The summed E-state index contributed by atoms with van der Waals surface area (Å²) in [6.07, 6.45) is 12.2. The van der Waals surface area contributed by atoms with Gasteiger partial charge in [-0.1, -0.05) is 0 Å². The summed E-state index contributed by atoms with van der Waals surface area (Å²) in [6, 6.07) is 1.03. The van der Waals surface area contributed by atoms with Crippen molar-refractivity contribution in [3.05, 3.63) is 60.2 Å². The first kappa shape index (κ1) is 28.0. The Labute approximate surface area is 218 Å². The lowest BCUT2D eigenvalue weighted by molar-refractivity contribution is -0.132. The Kier molecular flexibility index (Phi) is 10.8. The van der Waals surface area contributed by atoms with Crippen molar-refractivity contribution < 1.29 is 9.59 Å². The van der Waals surface area contributed by atoms with Crippen molar-refractivity contribution in [1.29, 1.82) is 0 Å². The molecule has 0 aliphatic carbocycles. The third kappa shape index (κ3) is 9.41. The molecule has 11 heteroatoms. The maximum Gasteiger partial charge on any atom is 0.227 e. The van der Waals surface area contributed by atoms with Crippen LogP contribution in [0.15, 0.2) is 37.2 Å². The molecule has 0 spiro atoms. The van der Waals surface area contributed by atoms with E-state index in [9.17, 15) is 9.59 Å². The van der Waals surface area contributed by atoms with Gasteiger partial charge in [-0.05, 0) is 52.6 Å². The van der Waals surface area contributed by atoms with Crippen LogP contribution in [0.2, 0.25) is 0 Å². The number of hydrogen-bond acceptors (Lipinski definition) is 7. The number of hydrogen-bond donors (Lipinski definition) is 3. The molecule has 0 atom stereocenters. The first-order chi connectivity index (χ1) is 17.8. The van der Waals surface area contributed by atoms with Crippen molar-refractivity contribution in [2.45, 2.75) is 78.6 Å². The lowest BCUT2D eigenvalue weighted by atomic mass is 10.2. The van der Waals surface area contributed by atoms with Gasteiger partial charge < -0.3 is 20.2 Å². The lowest BCUT2D eigenvalue weighted by Gasteiger charge is -2.30. The number of nitrogens with one attached hydrogen (secondary N) is 3. The van der Waals surface area contributed by atoms with E-state index in [0.29, 0.717) is 54.8 Å². The van der Waals surface area contributed by atoms with Crippen LogP contribution in [0.3, 0.4) is 0 Å². The zero-order valence-electron chi connectivity index (χ0n) is 22.3. The van der Waals surface area contributed by atoms with Crippen LogP contribution >= 0.6 is 0 Å². The molecule has 3 aromatic heterocycles. The fourth-order valence-corrected chi connectivity index (χ4v) is 4.18. The molecule has 2 amide bonds. The molecule has 3 rings (SSSR count). The van der Waals surface area contributed by atoms with Crippen molar-refractivity contribution in [2.24, 2.45) is 0 Å². The number of unbranched alkanes of at least 4 members (excludes halogenated alkanes) is 1. The standard InChI is InChI=1S/C26H39N9O2/c1-19(2)35(20(3)4)12-6-5-7-31-25(36)14-22-32-15-21(16-33-22)13-26(37)34(17-23-27-8-9-28-23)18-24-29-10-11-30-24/h8-11,15-16,19-20H,5-7,12-14,17-18H2,1-4H3,(H,27,28)(H,29,30)(H,31,36). The van der Waals surface area contributed by atoms with E-state index in [-0.39, 0.29) is 24.7 Å². The van der Waals surface area contributed by atoms with Crippen LogP contribution in [-0.2, 0) is 35.5 Å². The number of amides is 2. The number of nitrogens with zero attached hydrogens (tertiary/aromatic N) is 6. The number of aromatic amines is 2. The third-order valence-electron chi connectivity index (χ3n) is 6.07. The van der Waals surface area contributed by atoms with Gasteiger partial charge in [0.1, 0.15) is 17.5 Å². The molecule has 0 unspecified atom stereocenters. The zero-order valence-corrected chi connectivity index (χ0v) is 22.3. The Bertz CT molecular complexity index is 1020. The Balaban J connectivity index is 1.44. The molecule has 37 heavy (non-hydrogen) atoms. The molecule has 3 heterocycles. The second-order valence-corrected chi connectivity index (χ2v) is 9.67. The number of carbonyl (C=O) groups is 2. The number of imidazole rings is 2. The molecule has 0 radical (unpaired) electrons. The third-order valence-corrected chi connectivity index (χ3v) is 6.07. The molecule has 0 aliphatic heterocycles. The molecule has 0 aromatic carbocycles. The van der Waals surface area contributed by atoms with Gasteiger partial charge in [-0.25, -0.2) is 19.9 Å². The molecule has 0 saturated carbocycles. The SMILES string of the molecule is CC(C)N(CCCCNC(=O)Cc1ncc(CC(=O)N(Cc2ncc[nH]2)Cc2ncc[nH]2)cn1)C(C)C. The number of aromatic nitrogens is 6. The highest BCUT2D eigenvalue weighted by Gasteiger charge is 2.18. The van der Waals surface area contributed by atoms with E-state index in [0.717, 1.165) is 19.4 Å². The summed E-state index contributed by atoms with van der Waals surface area (Å²) < 4.78 is 0. The van der Waals surface area contributed by atoms with Crippen LogP contribution in [0.5, 0.6) is 0 Å². The molecule has 3 N–H and O–H groups in total. The summed E-state index contributed by atoms with van der Waals surface area (Å²) in [5, 5.41) is 2.95.